The van der Waals surface area contributed by atoms with Crippen molar-refractivity contribution in [2.75, 3.05) is 31.1 Å². The highest BCUT2D eigenvalue weighted by atomic mass is 32.1. The molecule has 0 radical (unpaired) electrons. The van der Waals surface area contributed by atoms with Crippen LogP contribution >= 0.6 is 11.3 Å². The van der Waals surface area contributed by atoms with Crippen LogP contribution in [-0.4, -0.2) is 48.3 Å². The zero-order chi connectivity index (χ0) is 17.9. The summed E-state index contributed by atoms with van der Waals surface area (Å²) in [6, 6.07) is 4.54. The van der Waals surface area contributed by atoms with E-state index in [0.717, 1.165) is 12.6 Å². The summed E-state index contributed by atoms with van der Waals surface area (Å²) >= 11 is 1.48. The maximum Gasteiger partial charge on any atom is 0.573 e. The summed E-state index contributed by atoms with van der Waals surface area (Å²) in [6.45, 7) is 2.43. The third-order valence-electron chi connectivity index (χ3n) is 3.83. The first-order valence-corrected chi connectivity index (χ1v) is 8.65. The fourth-order valence-corrected chi connectivity index (χ4v) is 3.30. The molecule has 5 nitrogen and oxygen atoms in total. The van der Waals surface area contributed by atoms with E-state index in [0.29, 0.717) is 37.6 Å². The molecule has 25 heavy (non-hydrogen) atoms. The van der Waals surface area contributed by atoms with Crippen molar-refractivity contribution >= 4 is 23.1 Å². The zero-order valence-corrected chi connectivity index (χ0v) is 14.0. The first kappa shape index (κ1) is 17.5. The van der Waals surface area contributed by atoms with Crippen LogP contribution in [0.1, 0.15) is 16.8 Å². The second kappa shape index (κ2) is 7.30. The van der Waals surface area contributed by atoms with Crippen molar-refractivity contribution in [3.63, 3.8) is 0 Å². The number of thiophene rings is 1. The molecular formula is C16H16F3N3O2S. The molecule has 9 heteroatoms. The maximum absolute atomic E-state index is 12.4. The van der Waals surface area contributed by atoms with Gasteiger partial charge < -0.3 is 14.5 Å². The third-order valence-corrected chi connectivity index (χ3v) is 4.51. The molecule has 0 N–H and O–H groups in total. The van der Waals surface area contributed by atoms with Crippen LogP contribution in [-0.2, 0) is 0 Å². The number of aromatic nitrogens is 1. The highest BCUT2D eigenvalue weighted by molar-refractivity contribution is 7.08. The molecule has 0 unspecified atom stereocenters. The molecule has 134 valence electrons. The van der Waals surface area contributed by atoms with Gasteiger partial charge in [0.1, 0.15) is 11.6 Å². The van der Waals surface area contributed by atoms with Crippen LogP contribution in [0, 0.1) is 0 Å². The number of alkyl halides is 3. The first-order valence-electron chi connectivity index (χ1n) is 7.70. The number of amides is 1. The number of rotatable bonds is 3. The first-order chi connectivity index (χ1) is 11.9. The Morgan fingerprint density at radius 1 is 1.16 bits per heavy atom. The second-order valence-electron chi connectivity index (χ2n) is 5.54. The molecular weight excluding hydrogens is 355 g/mol. The van der Waals surface area contributed by atoms with E-state index in [1.807, 2.05) is 15.7 Å². The summed E-state index contributed by atoms with van der Waals surface area (Å²) in [5, 5.41) is 3.69. The van der Waals surface area contributed by atoms with Gasteiger partial charge in [-0.3, -0.25) is 4.79 Å². The number of hydrogen-bond donors (Lipinski definition) is 0. The summed E-state index contributed by atoms with van der Waals surface area (Å²) in [6.07, 6.45) is -2.91. The van der Waals surface area contributed by atoms with Gasteiger partial charge in [0.15, 0.2) is 0 Å². The van der Waals surface area contributed by atoms with E-state index in [4.69, 9.17) is 0 Å². The minimum Gasteiger partial charge on any atom is -0.404 e. The largest absolute Gasteiger partial charge is 0.573 e. The minimum absolute atomic E-state index is 0.00462. The van der Waals surface area contributed by atoms with Gasteiger partial charge in [0.2, 0.25) is 0 Å². The average Bonchev–Trinajstić information content (AvgIpc) is 2.98. The van der Waals surface area contributed by atoms with E-state index >= 15 is 0 Å². The van der Waals surface area contributed by atoms with Crippen molar-refractivity contribution in [1.29, 1.82) is 0 Å². The monoisotopic (exact) mass is 371 g/mol. The summed E-state index contributed by atoms with van der Waals surface area (Å²) in [5.74, 6) is 0.227. The summed E-state index contributed by atoms with van der Waals surface area (Å²) in [5.41, 5.74) is 0.685. The van der Waals surface area contributed by atoms with Crippen molar-refractivity contribution in [3.8, 4) is 5.75 Å². The van der Waals surface area contributed by atoms with E-state index in [1.54, 1.807) is 11.0 Å². The van der Waals surface area contributed by atoms with Gasteiger partial charge in [-0.2, -0.15) is 11.3 Å². The Morgan fingerprint density at radius 3 is 2.64 bits per heavy atom. The molecule has 0 aliphatic carbocycles. The molecule has 1 amide bonds. The highest BCUT2D eigenvalue weighted by Crippen LogP contribution is 2.24. The minimum atomic E-state index is -4.73. The average molecular weight is 371 g/mol. The Morgan fingerprint density at radius 2 is 2.00 bits per heavy atom. The van der Waals surface area contributed by atoms with E-state index in [1.165, 1.54) is 23.5 Å². The van der Waals surface area contributed by atoms with Gasteiger partial charge in [-0.15, -0.1) is 13.2 Å². The Bertz CT molecular complexity index is 704. The second-order valence-corrected chi connectivity index (χ2v) is 6.32. The molecule has 0 atom stereocenters. The topological polar surface area (TPSA) is 45.7 Å². The van der Waals surface area contributed by atoms with Gasteiger partial charge in [-0.05, 0) is 30.0 Å². The Labute approximate surface area is 146 Å². The van der Waals surface area contributed by atoms with Gasteiger partial charge >= 0.3 is 6.36 Å². The predicted molar refractivity (Wildman–Crippen MR) is 88.0 cm³/mol. The van der Waals surface area contributed by atoms with E-state index in [9.17, 15) is 18.0 Å². The molecule has 1 fully saturated rings. The summed E-state index contributed by atoms with van der Waals surface area (Å²) in [4.78, 5) is 20.2. The molecule has 0 aromatic carbocycles. The molecule has 0 bridgehead atoms. The molecule has 0 spiro atoms. The van der Waals surface area contributed by atoms with Gasteiger partial charge in [-0.1, -0.05) is 0 Å². The predicted octanol–water partition coefficient (Wildman–Crippen LogP) is 3.39. The number of hydrogen-bond acceptors (Lipinski definition) is 5. The summed E-state index contributed by atoms with van der Waals surface area (Å²) < 4.78 is 40.4. The van der Waals surface area contributed by atoms with E-state index < -0.39 is 6.36 Å². The van der Waals surface area contributed by atoms with Crippen molar-refractivity contribution in [2.24, 2.45) is 0 Å². The molecule has 2 aromatic heterocycles. The molecule has 1 saturated heterocycles. The van der Waals surface area contributed by atoms with Crippen LogP contribution < -0.4 is 9.64 Å². The van der Waals surface area contributed by atoms with Gasteiger partial charge in [-0.25, -0.2) is 4.98 Å². The van der Waals surface area contributed by atoms with Crippen LogP contribution in [0.25, 0.3) is 0 Å². The third kappa shape index (κ3) is 4.62. The fourth-order valence-electron chi connectivity index (χ4n) is 2.67. The maximum atomic E-state index is 12.4. The Balaban J connectivity index is 1.62. The van der Waals surface area contributed by atoms with Crippen molar-refractivity contribution < 1.29 is 22.7 Å². The van der Waals surface area contributed by atoms with Crippen LogP contribution in [0.3, 0.4) is 0 Å². The van der Waals surface area contributed by atoms with Gasteiger partial charge in [0.05, 0.1) is 11.8 Å². The Kier molecular flexibility index (Phi) is 5.12. The molecule has 1 aliphatic rings. The molecule has 3 heterocycles. The fraction of sp³-hybridized carbons (Fsp3) is 0.375. The highest BCUT2D eigenvalue weighted by Gasteiger charge is 2.31. The lowest BCUT2D eigenvalue weighted by Gasteiger charge is -2.23. The van der Waals surface area contributed by atoms with Crippen molar-refractivity contribution in [3.05, 3.63) is 40.7 Å². The number of ether oxygens (including phenoxy) is 1. The Hall–Kier alpha value is -2.29. The SMILES string of the molecule is O=C(c1ccsc1)N1CCCN(c2ccc(OC(F)(F)F)cn2)CC1. The molecule has 2 aromatic rings. The van der Waals surface area contributed by atoms with Crippen molar-refractivity contribution in [1.82, 2.24) is 9.88 Å². The lowest BCUT2D eigenvalue weighted by Crippen LogP contribution is -2.35. The molecule has 3 rings (SSSR count). The summed E-state index contributed by atoms with van der Waals surface area (Å²) in [7, 11) is 0. The van der Waals surface area contributed by atoms with Crippen LogP contribution in [0.2, 0.25) is 0 Å². The number of nitrogens with zero attached hydrogens (tertiary/aromatic N) is 3. The van der Waals surface area contributed by atoms with Gasteiger partial charge in [0, 0.05) is 31.6 Å². The van der Waals surface area contributed by atoms with Crippen molar-refractivity contribution in [2.45, 2.75) is 12.8 Å². The van der Waals surface area contributed by atoms with E-state index in [-0.39, 0.29) is 11.7 Å². The quantitative estimate of drug-likeness (QED) is 0.830. The van der Waals surface area contributed by atoms with Gasteiger partial charge in [0.25, 0.3) is 5.91 Å². The number of halogens is 3. The number of pyridine rings is 1. The smallest absolute Gasteiger partial charge is 0.404 e. The molecule has 0 saturated carbocycles. The zero-order valence-electron chi connectivity index (χ0n) is 13.2. The van der Waals surface area contributed by atoms with Crippen LogP contribution in [0.5, 0.6) is 5.75 Å². The lowest BCUT2D eigenvalue weighted by molar-refractivity contribution is -0.274. The van der Waals surface area contributed by atoms with E-state index in [2.05, 4.69) is 9.72 Å². The lowest BCUT2D eigenvalue weighted by atomic mass is 10.3. The normalized spacial score (nSPS) is 15.8. The van der Waals surface area contributed by atoms with Crippen LogP contribution in [0.15, 0.2) is 35.2 Å². The number of carbonyl (C=O) groups excluding carboxylic acids is 1. The number of carbonyl (C=O) groups is 1. The number of anilines is 1. The molecule has 1 aliphatic heterocycles. The van der Waals surface area contributed by atoms with Crippen LogP contribution in [0.4, 0.5) is 19.0 Å². The standard InChI is InChI=1S/C16H16F3N3O2S/c17-16(18,19)24-13-2-3-14(20-10-13)21-5-1-6-22(8-7-21)15(23)12-4-9-25-11-12/h2-4,9-11H,1,5-8H2.